The summed E-state index contributed by atoms with van der Waals surface area (Å²) < 4.78 is 0. The quantitative estimate of drug-likeness (QED) is 0.632. The lowest BCUT2D eigenvalue weighted by Crippen LogP contribution is -2.31. The summed E-state index contributed by atoms with van der Waals surface area (Å²) in [5, 5.41) is 0.989. The van der Waals surface area contributed by atoms with Crippen LogP contribution in [0, 0.1) is 17.8 Å². The molecule has 1 aromatic carbocycles. The number of ketones is 1. The molecule has 0 aliphatic heterocycles. The molecule has 2 aliphatic carbocycles. The van der Waals surface area contributed by atoms with Crippen LogP contribution in [0.1, 0.15) is 55.3 Å². The molecule has 3 heteroatoms. The fraction of sp³-hybridized carbons (Fsp3) is 0.588. The number of carbonyl (C=O) groups excluding carboxylic acids is 1. The Morgan fingerprint density at radius 1 is 0.950 bits per heavy atom. The summed E-state index contributed by atoms with van der Waals surface area (Å²) in [5.74, 6) is 2.09. The topological polar surface area (TPSA) is 17.1 Å². The lowest BCUT2D eigenvalue weighted by Gasteiger charge is -2.38. The van der Waals surface area contributed by atoms with Crippen LogP contribution in [0.4, 0.5) is 0 Å². The molecule has 1 aromatic rings. The van der Waals surface area contributed by atoms with Crippen LogP contribution in [0.15, 0.2) is 18.2 Å². The first kappa shape index (κ1) is 14.4. The Hall–Kier alpha value is -0.530. The number of hydrogen-bond donors (Lipinski definition) is 0. The first-order valence-electron chi connectivity index (χ1n) is 7.64. The zero-order valence-electron chi connectivity index (χ0n) is 11.6. The van der Waals surface area contributed by atoms with Gasteiger partial charge >= 0.3 is 0 Å². The third kappa shape index (κ3) is 2.89. The van der Waals surface area contributed by atoms with Crippen molar-refractivity contribution in [3.8, 4) is 0 Å². The maximum atomic E-state index is 12.6. The van der Waals surface area contributed by atoms with Crippen molar-refractivity contribution < 1.29 is 4.79 Å². The van der Waals surface area contributed by atoms with E-state index in [1.807, 2.05) is 6.07 Å². The van der Waals surface area contributed by atoms with Gasteiger partial charge in [-0.3, -0.25) is 4.79 Å². The van der Waals surface area contributed by atoms with E-state index in [-0.39, 0.29) is 11.7 Å². The molecule has 20 heavy (non-hydrogen) atoms. The number of hydrogen-bond acceptors (Lipinski definition) is 1. The van der Waals surface area contributed by atoms with E-state index < -0.39 is 0 Å². The Morgan fingerprint density at radius 3 is 2.45 bits per heavy atom. The normalized spacial score (nSPS) is 29.8. The highest BCUT2D eigenvalue weighted by atomic mass is 35.5. The summed E-state index contributed by atoms with van der Waals surface area (Å²) >= 11 is 11.9. The van der Waals surface area contributed by atoms with Gasteiger partial charge in [-0.1, -0.05) is 48.9 Å². The number of fused-ring (bicyclic) bond motifs is 1. The molecule has 2 aliphatic rings. The van der Waals surface area contributed by atoms with E-state index in [1.54, 1.807) is 12.1 Å². The molecule has 0 aromatic heterocycles. The van der Waals surface area contributed by atoms with Gasteiger partial charge in [0.1, 0.15) is 0 Å². The van der Waals surface area contributed by atoms with Crippen molar-refractivity contribution in [2.75, 3.05) is 0 Å². The molecular formula is C17H20Cl2O. The molecule has 2 saturated carbocycles. The zero-order valence-corrected chi connectivity index (χ0v) is 13.1. The van der Waals surface area contributed by atoms with Crippen LogP contribution < -0.4 is 0 Å². The SMILES string of the molecule is O=C(c1ccc(Cl)c(Cl)c1)C1CCC2CCCCC2C1. The minimum atomic E-state index is 0.187. The predicted molar refractivity (Wildman–Crippen MR) is 83.6 cm³/mol. The Kier molecular flexibility index (Phi) is 4.37. The predicted octanol–water partition coefficient (Wildman–Crippen LogP) is 5.78. The van der Waals surface area contributed by atoms with Crippen LogP contribution in [0.5, 0.6) is 0 Å². The van der Waals surface area contributed by atoms with E-state index >= 15 is 0 Å². The molecule has 0 saturated heterocycles. The van der Waals surface area contributed by atoms with Crippen LogP contribution >= 0.6 is 23.2 Å². The third-order valence-electron chi connectivity index (χ3n) is 5.11. The zero-order chi connectivity index (χ0) is 14.1. The molecule has 0 bridgehead atoms. The Balaban J connectivity index is 1.72. The van der Waals surface area contributed by atoms with Crippen LogP contribution in [0.25, 0.3) is 0 Å². The van der Waals surface area contributed by atoms with E-state index in [2.05, 4.69) is 0 Å². The molecule has 0 N–H and O–H groups in total. The van der Waals surface area contributed by atoms with Gasteiger partial charge in [0.15, 0.2) is 5.78 Å². The highest BCUT2D eigenvalue weighted by Crippen LogP contribution is 2.43. The second-order valence-corrected chi connectivity index (χ2v) is 7.12. The minimum Gasteiger partial charge on any atom is -0.294 e. The molecule has 0 radical (unpaired) electrons. The van der Waals surface area contributed by atoms with E-state index in [0.29, 0.717) is 10.0 Å². The first-order chi connectivity index (χ1) is 9.65. The van der Waals surface area contributed by atoms with Gasteiger partial charge in [-0.2, -0.15) is 0 Å². The summed E-state index contributed by atoms with van der Waals surface area (Å²) in [4.78, 5) is 12.6. The molecule has 108 valence electrons. The monoisotopic (exact) mass is 310 g/mol. The highest BCUT2D eigenvalue weighted by Gasteiger charge is 2.35. The number of rotatable bonds is 2. The van der Waals surface area contributed by atoms with E-state index in [0.717, 1.165) is 30.2 Å². The van der Waals surface area contributed by atoms with E-state index in [1.165, 1.54) is 32.1 Å². The molecule has 3 unspecified atom stereocenters. The van der Waals surface area contributed by atoms with E-state index in [4.69, 9.17) is 23.2 Å². The van der Waals surface area contributed by atoms with Gasteiger partial charge in [-0.15, -0.1) is 0 Å². The fourth-order valence-corrected chi connectivity index (χ4v) is 4.29. The van der Waals surface area contributed by atoms with Crippen molar-refractivity contribution in [3.05, 3.63) is 33.8 Å². The Bertz CT molecular complexity index is 512. The molecule has 2 fully saturated rings. The largest absolute Gasteiger partial charge is 0.294 e. The molecule has 1 nitrogen and oxygen atoms in total. The number of benzene rings is 1. The maximum Gasteiger partial charge on any atom is 0.166 e. The standard InChI is InChI=1S/C17H20Cl2O/c18-15-8-7-14(10-16(15)19)17(20)13-6-5-11-3-1-2-4-12(11)9-13/h7-8,10-13H,1-6,9H2. The molecule has 0 heterocycles. The second-order valence-electron chi connectivity index (χ2n) is 6.31. The van der Waals surface area contributed by atoms with Crippen LogP contribution in [-0.4, -0.2) is 5.78 Å². The summed E-state index contributed by atoms with van der Waals surface area (Å²) in [5.41, 5.74) is 0.721. The molecule has 3 rings (SSSR count). The van der Waals surface area contributed by atoms with E-state index in [9.17, 15) is 4.79 Å². The maximum absolute atomic E-state index is 12.6. The van der Waals surface area contributed by atoms with Crippen LogP contribution in [-0.2, 0) is 0 Å². The number of carbonyl (C=O) groups is 1. The van der Waals surface area contributed by atoms with Gasteiger partial charge in [0, 0.05) is 11.5 Å². The average Bonchev–Trinajstić information content (AvgIpc) is 2.49. The number of Topliss-reactive ketones (excluding diaryl/α,β-unsaturated/α-hetero) is 1. The third-order valence-corrected chi connectivity index (χ3v) is 5.85. The van der Waals surface area contributed by atoms with Gasteiger partial charge < -0.3 is 0 Å². The molecule has 0 amide bonds. The lowest BCUT2D eigenvalue weighted by atomic mass is 9.66. The highest BCUT2D eigenvalue weighted by molar-refractivity contribution is 6.42. The van der Waals surface area contributed by atoms with Crippen LogP contribution in [0.2, 0.25) is 10.0 Å². The summed E-state index contributed by atoms with van der Waals surface area (Å²) in [7, 11) is 0. The van der Waals surface area contributed by atoms with Crippen LogP contribution in [0.3, 0.4) is 0 Å². The fourth-order valence-electron chi connectivity index (χ4n) is 4.00. The molecule has 3 atom stereocenters. The smallest absolute Gasteiger partial charge is 0.166 e. The van der Waals surface area contributed by atoms with Crippen molar-refractivity contribution in [3.63, 3.8) is 0 Å². The summed E-state index contributed by atoms with van der Waals surface area (Å²) in [6.07, 6.45) is 8.75. The van der Waals surface area contributed by atoms with Gasteiger partial charge in [-0.05, 0) is 49.3 Å². The summed E-state index contributed by atoms with van der Waals surface area (Å²) in [6.45, 7) is 0. The van der Waals surface area contributed by atoms with Crippen molar-refractivity contribution in [2.45, 2.75) is 44.9 Å². The first-order valence-corrected chi connectivity index (χ1v) is 8.40. The van der Waals surface area contributed by atoms with Gasteiger partial charge in [0.25, 0.3) is 0 Å². The average molecular weight is 311 g/mol. The Morgan fingerprint density at radius 2 is 1.70 bits per heavy atom. The number of halogens is 2. The molecule has 0 spiro atoms. The van der Waals surface area contributed by atoms with Crippen molar-refractivity contribution >= 4 is 29.0 Å². The van der Waals surface area contributed by atoms with Crippen molar-refractivity contribution in [1.29, 1.82) is 0 Å². The van der Waals surface area contributed by atoms with Gasteiger partial charge in [-0.25, -0.2) is 0 Å². The van der Waals surface area contributed by atoms with Gasteiger partial charge in [0.05, 0.1) is 10.0 Å². The molecular weight excluding hydrogens is 291 g/mol. The van der Waals surface area contributed by atoms with Crippen molar-refractivity contribution in [2.24, 2.45) is 17.8 Å². The minimum absolute atomic E-state index is 0.187. The van der Waals surface area contributed by atoms with Gasteiger partial charge in [0.2, 0.25) is 0 Å². The Labute approximate surface area is 130 Å². The lowest BCUT2D eigenvalue weighted by molar-refractivity contribution is 0.0763. The summed E-state index contributed by atoms with van der Waals surface area (Å²) in [6, 6.07) is 5.26. The van der Waals surface area contributed by atoms with Crippen molar-refractivity contribution in [1.82, 2.24) is 0 Å². The second kappa shape index (κ2) is 6.07.